The number of methoxy groups -OCH3 is 1. The van der Waals surface area contributed by atoms with Gasteiger partial charge < -0.3 is 19.6 Å². The summed E-state index contributed by atoms with van der Waals surface area (Å²) in [5, 5.41) is 12.8. The standard InChI is InChI=1S/C16H13ClN2O4/c1-22-13-7-10(15(20)21)6-12-14(13)23-16(19-12)18-8-9-3-2-4-11(17)5-9/h2-7H,8H2,1H3,(H,18,19)(H,20,21). The normalized spacial score (nSPS) is 10.7. The van der Waals surface area contributed by atoms with Crippen LogP contribution >= 0.6 is 11.6 Å². The summed E-state index contributed by atoms with van der Waals surface area (Å²) in [5.41, 5.74) is 1.86. The number of aromatic carboxylic acids is 1. The average molecular weight is 333 g/mol. The molecule has 0 unspecified atom stereocenters. The van der Waals surface area contributed by atoms with Crippen LogP contribution in [0.15, 0.2) is 40.8 Å². The summed E-state index contributed by atoms with van der Waals surface area (Å²) in [6.07, 6.45) is 0. The lowest BCUT2D eigenvalue weighted by Crippen LogP contribution is -1.99. The molecule has 0 saturated carbocycles. The van der Waals surface area contributed by atoms with Gasteiger partial charge in [-0.15, -0.1) is 0 Å². The van der Waals surface area contributed by atoms with Crippen molar-refractivity contribution in [3.63, 3.8) is 0 Å². The molecule has 6 nitrogen and oxygen atoms in total. The second-order valence-corrected chi connectivity index (χ2v) is 5.27. The van der Waals surface area contributed by atoms with Crippen molar-refractivity contribution in [3.8, 4) is 5.75 Å². The van der Waals surface area contributed by atoms with E-state index in [0.717, 1.165) is 5.56 Å². The Balaban J connectivity index is 1.89. The molecule has 118 valence electrons. The number of rotatable bonds is 5. The molecule has 7 heteroatoms. The van der Waals surface area contributed by atoms with E-state index in [-0.39, 0.29) is 11.6 Å². The smallest absolute Gasteiger partial charge is 0.335 e. The number of fused-ring (bicyclic) bond motifs is 1. The highest BCUT2D eigenvalue weighted by molar-refractivity contribution is 6.30. The van der Waals surface area contributed by atoms with Crippen molar-refractivity contribution in [2.75, 3.05) is 12.4 Å². The lowest BCUT2D eigenvalue weighted by atomic mass is 10.2. The van der Waals surface area contributed by atoms with Gasteiger partial charge in [0.1, 0.15) is 5.52 Å². The maximum Gasteiger partial charge on any atom is 0.335 e. The van der Waals surface area contributed by atoms with Crippen molar-refractivity contribution in [1.82, 2.24) is 4.98 Å². The van der Waals surface area contributed by atoms with E-state index >= 15 is 0 Å². The summed E-state index contributed by atoms with van der Waals surface area (Å²) in [6, 6.07) is 10.5. The SMILES string of the molecule is COc1cc(C(=O)O)cc2nc(NCc3cccc(Cl)c3)oc12. The van der Waals surface area contributed by atoms with Gasteiger partial charge in [0, 0.05) is 11.6 Å². The zero-order valence-electron chi connectivity index (χ0n) is 12.2. The third kappa shape index (κ3) is 3.22. The molecule has 0 atom stereocenters. The van der Waals surface area contributed by atoms with Gasteiger partial charge in [-0.05, 0) is 29.8 Å². The fraction of sp³-hybridized carbons (Fsp3) is 0.125. The number of anilines is 1. The van der Waals surface area contributed by atoms with E-state index in [4.69, 9.17) is 25.9 Å². The number of hydrogen-bond donors (Lipinski definition) is 2. The van der Waals surface area contributed by atoms with Crippen LogP contribution in [-0.4, -0.2) is 23.2 Å². The molecule has 0 bridgehead atoms. The second-order valence-electron chi connectivity index (χ2n) is 4.83. The molecule has 1 aromatic heterocycles. The third-order valence-corrected chi connectivity index (χ3v) is 3.49. The van der Waals surface area contributed by atoms with Crippen molar-refractivity contribution in [1.29, 1.82) is 0 Å². The van der Waals surface area contributed by atoms with E-state index in [2.05, 4.69) is 10.3 Å². The van der Waals surface area contributed by atoms with Gasteiger partial charge in [0.15, 0.2) is 11.3 Å². The number of ether oxygens (including phenoxy) is 1. The molecule has 0 amide bonds. The molecular weight excluding hydrogens is 320 g/mol. The van der Waals surface area contributed by atoms with Crippen LogP contribution in [0.3, 0.4) is 0 Å². The zero-order valence-corrected chi connectivity index (χ0v) is 12.9. The lowest BCUT2D eigenvalue weighted by molar-refractivity contribution is 0.0696. The molecular formula is C16H13ClN2O4. The summed E-state index contributed by atoms with van der Waals surface area (Å²) in [5.74, 6) is -0.732. The van der Waals surface area contributed by atoms with E-state index in [1.54, 1.807) is 6.07 Å². The molecule has 0 aliphatic carbocycles. The highest BCUT2D eigenvalue weighted by Gasteiger charge is 2.15. The summed E-state index contributed by atoms with van der Waals surface area (Å²) in [4.78, 5) is 15.4. The van der Waals surface area contributed by atoms with E-state index < -0.39 is 5.97 Å². The first-order valence-electron chi connectivity index (χ1n) is 6.77. The van der Waals surface area contributed by atoms with Crippen LogP contribution in [-0.2, 0) is 6.54 Å². The minimum Gasteiger partial charge on any atom is -0.493 e. The molecule has 0 aliphatic rings. The first-order valence-corrected chi connectivity index (χ1v) is 7.15. The summed E-state index contributed by atoms with van der Waals surface area (Å²) >= 11 is 5.94. The lowest BCUT2D eigenvalue weighted by Gasteiger charge is -2.02. The predicted octanol–water partition coefficient (Wildman–Crippen LogP) is 3.80. The van der Waals surface area contributed by atoms with Gasteiger partial charge >= 0.3 is 5.97 Å². The maximum absolute atomic E-state index is 11.1. The van der Waals surface area contributed by atoms with Crippen molar-refractivity contribution in [3.05, 3.63) is 52.5 Å². The molecule has 0 spiro atoms. The Bertz CT molecular complexity index is 876. The Kier molecular flexibility index (Phi) is 4.08. The van der Waals surface area contributed by atoms with Crippen LogP contribution in [0, 0.1) is 0 Å². The number of carboxylic acid groups (broad SMARTS) is 1. The molecule has 3 aromatic rings. The largest absolute Gasteiger partial charge is 0.493 e. The van der Waals surface area contributed by atoms with Gasteiger partial charge in [0.2, 0.25) is 0 Å². The Morgan fingerprint density at radius 2 is 2.22 bits per heavy atom. The van der Waals surface area contributed by atoms with E-state index in [1.807, 2.05) is 18.2 Å². The Morgan fingerprint density at radius 3 is 2.91 bits per heavy atom. The van der Waals surface area contributed by atoms with Crippen LogP contribution in [0.25, 0.3) is 11.1 Å². The quantitative estimate of drug-likeness (QED) is 0.739. The highest BCUT2D eigenvalue weighted by Crippen LogP contribution is 2.30. The first-order chi connectivity index (χ1) is 11.1. The molecule has 23 heavy (non-hydrogen) atoms. The maximum atomic E-state index is 11.1. The molecule has 1 heterocycles. The Labute approximate surface area is 136 Å². The van der Waals surface area contributed by atoms with Crippen LogP contribution in [0.5, 0.6) is 5.75 Å². The number of nitrogens with one attached hydrogen (secondary N) is 1. The van der Waals surface area contributed by atoms with Gasteiger partial charge in [-0.1, -0.05) is 23.7 Å². The van der Waals surface area contributed by atoms with Gasteiger partial charge in [-0.3, -0.25) is 0 Å². The van der Waals surface area contributed by atoms with Crippen LogP contribution in [0.4, 0.5) is 6.01 Å². The fourth-order valence-electron chi connectivity index (χ4n) is 2.18. The Morgan fingerprint density at radius 1 is 1.39 bits per heavy atom. The van der Waals surface area contributed by atoms with Crippen LogP contribution in [0.1, 0.15) is 15.9 Å². The molecule has 0 radical (unpaired) electrons. The van der Waals surface area contributed by atoms with Crippen molar-refractivity contribution in [2.24, 2.45) is 0 Å². The molecule has 2 N–H and O–H groups in total. The number of hydrogen-bond acceptors (Lipinski definition) is 5. The van der Waals surface area contributed by atoms with Gasteiger partial charge in [0.05, 0.1) is 12.7 Å². The molecule has 2 aromatic carbocycles. The second kappa shape index (κ2) is 6.18. The summed E-state index contributed by atoms with van der Waals surface area (Å²) < 4.78 is 10.8. The number of carboxylic acids is 1. The van der Waals surface area contributed by atoms with E-state index in [0.29, 0.717) is 28.4 Å². The predicted molar refractivity (Wildman–Crippen MR) is 86.3 cm³/mol. The zero-order chi connectivity index (χ0) is 16.4. The van der Waals surface area contributed by atoms with Crippen molar-refractivity contribution < 1.29 is 19.1 Å². The van der Waals surface area contributed by atoms with Crippen molar-refractivity contribution >= 4 is 34.7 Å². The number of halogens is 1. The first kappa shape index (κ1) is 15.2. The highest BCUT2D eigenvalue weighted by atomic mass is 35.5. The fourth-order valence-corrected chi connectivity index (χ4v) is 2.39. The van der Waals surface area contributed by atoms with Gasteiger partial charge in [0.25, 0.3) is 6.01 Å². The van der Waals surface area contributed by atoms with Gasteiger partial charge in [-0.2, -0.15) is 4.98 Å². The minimum absolute atomic E-state index is 0.0871. The number of oxazole rings is 1. The number of benzene rings is 2. The Hall–Kier alpha value is -2.73. The number of nitrogens with zero attached hydrogens (tertiary/aromatic N) is 1. The average Bonchev–Trinajstić information content (AvgIpc) is 2.95. The molecule has 0 fully saturated rings. The van der Waals surface area contributed by atoms with Crippen LogP contribution < -0.4 is 10.1 Å². The molecule has 0 aliphatic heterocycles. The topological polar surface area (TPSA) is 84.6 Å². The number of aromatic nitrogens is 1. The summed E-state index contributed by atoms with van der Waals surface area (Å²) in [6.45, 7) is 0.474. The third-order valence-electron chi connectivity index (χ3n) is 3.26. The molecule has 0 saturated heterocycles. The van der Waals surface area contributed by atoms with Crippen molar-refractivity contribution in [2.45, 2.75) is 6.54 Å². The monoisotopic (exact) mass is 332 g/mol. The minimum atomic E-state index is -1.05. The number of carbonyl (C=O) groups is 1. The molecule has 3 rings (SSSR count). The van der Waals surface area contributed by atoms with Crippen LogP contribution in [0.2, 0.25) is 5.02 Å². The van der Waals surface area contributed by atoms with E-state index in [9.17, 15) is 4.79 Å². The van der Waals surface area contributed by atoms with Gasteiger partial charge in [-0.25, -0.2) is 4.79 Å². The van der Waals surface area contributed by atoms with E-state index in [1.165, 1.54) is 19.2 Å². The summed E-state index contributed by atoms with van der Waals surface area (Å²) in [7, 11) is 1.45.